The Hall–Kier alpha value is -6.26. The molecule has 0 spiro atoms. The minimum Gasteiger partial charge on any atom is -0.488 e. The Kier molecular flexibility index (Phi) is 17.8. The first-order valence-corrected chi connectivity index (χ1v) is 22.7. The van der Waals surface area contributed by atoms with Crippen LogP contribution in [0, 0.1) is 41.9 Å². The molecule has 2 aromatic heterocycles. The summed E-state index contributed by atoms with van der Waals surface area (Å²) in [6.07, 6.45) is 7.17. The number of hydrogen-bond donors (Lipinski definition) is 5. The molecule has 0 aliphatic heterocycles. The van der Waals surface area contributed by atoms with E-state index in [9.17, 15) is 30.9 Å². The number of nitrogens with zero attached hydrogens (tertiary/aromatic N) is 4. The predicted octanol–water partition coefficient (Wildman–Crippen LogP) is 8.88. The van der Waals surface area contributed by atoms with Crippen molar-refractivity contribution in [2.24, 2.45) is 5.41 Å². The molecule has 0 unspecified atom stereocenters. The summed E-state index contributed by atoms with van der Waals surface area (Å²) in [5.74, 6) is 1.78. The van der Waals surface area contributed by atoms with Crippen LogP contribution in [-0.4, -0.2) is 62.4 Å². The van der Waals surface area contributed by atoms with Gasteiger partial charge in [0.25, 0.3) is 0 Å². The maximum Gasteiger partial charge on any atom is 0.142 e. The second-order valence-electron chi connectivity index (χ2n) is 17.4. The van der Waals surface area contributed by atoms with Crippen molar-refractivity contribution in [2.45, 2.75) is 79.0 Å². The Balaban J connectivity index is 1.21. The van der Waals surface area contributed by atoms with Gasteiger partial charge in [0.2, 0.25) is 0 Å². The second-order valence-corrected chi connectivity index (χ2v) is 18.2. The van der Waals surface area contributed by atoms with Gasteiger partial charge in [-0.3, -0.25) is 9.97 Å². The molecule has 0 saturated heterocycles. The fraction of sp³-hybridized carbons (Fsp3) is 0.321. The molecule has 13 nitrogen and oxygen atoms in total. The smallest absolute Gasteiger partial charge is 0.142 e. The van der Waals surface area contributed by atoms with Gasteiger partial charge in [0.15, 0.2) is 0 Å². The first-order chi connectivity index (χ1) is 32.7. The zero-order valence-corrected chi connectivity index (χ0v) is 40.0. The van der Waals surface area contributed by atoms with Crippen LogP contribution < -0.4 is 24.3 Å². The van der Waals surface area contributed by atoms with Crippen molar-refractivity contribution in [3.8, 4) is 46.3 Å². The summed E-state index contributed by atoms with van der Waals surface area (Å²) in [5.41, 5.74) is 7.95. The number of aryl methyl sites for hydroxylation is 1. The number of pyridine rings is 2. The van der Waals surface area contributed by atoms with Crippen LogP contribution in [0.4, 0.5) is 0 Å². The average molecular weight is 961 g/mol. The fourth-order valence-electron chi connectivity index (χ4n) is 7.24. The summed E-state index contributed by atoms with van der Waals surface area (Å²) < 4.78 is 25.3. The number of ether oxygens (including phenoxy) is 4. The number of nitrogens with one attached hydrogen (secondary N) is 1. The maximum atomic E-state index is 9.94. The normalized spacial score (nSPS) is 11.5. The van der Waals surface area contributed by atoms with Crippen molar-refractivity contribution in [2.75, 3.05) is 26.4 Å². The second kappa shape index (κ2) is 23.6. The molecule has 2 heterocycles. The molecule has 0 aliphatic rings. The van der Waals surface area contributed by atoms with Crippen LogP contribution in [0.1, 0.15) is 75.9 Å². The zero-order chi connectivity index (χ0) is 48.8. The third kappa shape index (κ3) is 13.0. The first-order valence-electron chi connectivity index (χ1n) is 21.9. The van der Waals surface area contributed by atoms with Gasteiger partial charge in [-0.2, -0.15) is 10.5 Å². The van der Waals surface area contributed by atoms with E-state index in [0.717, 1.165) is 38.9 Å². The Bertz CT molecular complexity index is 2600. The number of aliphatic hydroxyl groups excluding tert-OH is 4. The van der Waals surface area contributed by atoms with Crippen molar-refractivity contribution in [3.05, 3.63) is 163 Å². The van der Waals surface area contributed by atoms with Crippen molar-refractivity contribution < 1.29 is 39.4 Å². The van der Waals surface area contributed by atoms with E-state index in [1.165, 1.54) is 12.4 Å². The fourth-order valence-corrected chi connectivity index (χ4v) is 7.72. The van der Waals surface area contributed by atoms with Crippen molar-refractivity contribution in [3.63, 3.8) is 0 Å². The van der Waals surface area contributed by atoms with Crippen molar-refractivity contribution in [1.82, 2.24) is 15.3 Å². The van der Waals surface area contributed by atoms with Crippen LogP contribution in [0.25, 0.3) is 11.1 Å². The van der Waals surface area contributed by atoms with E-state index >= 15 is 0 Å². The molecule has 354 valence electrons. The minimum absolute atomic E-state index is 0.115. The molecule has 0 atom stereocenters. The van der Waals surface area contributed by atoms with Gasteiger partial charge >= 0.3 is 0 Å². The van der Waals surface area contributed by atoms with Gasteiger partial charge in [-0.1, -0.05) is 66.5 Å². The Morgan fingerprint density at radius 1 is 0.574 bits per heavy atom. The maximum absolute atomic E-state index is 9.94. The standard InChI is InChI=1S/C53H55Cl2N5O8/c1-34-41(28-67-50-17-48(65-26-38-13-36(19-56)21-58-23-38)40(15-46(50)54)11-12-52(3,30-61)31-62)7-5-9-44(34)45-10-6-8-42(35(45)2)29-68-51-18-49(66-27-39-14-37(20-57)22-59-24-39)43(16-47(51)55)25-60-53(4,32-63)33-64/h5-10,13-18,21-24,60-64H,11-12,25-33H2,1-4H3. The molecule has 15 heteroatoms. The van der Waals surface area contributed by atoms with Crippen LogP contribution in [0.2, 0.25) is 10.0 Å². The average Bonchev–Trinajstić information content (AvgIpc) is 3.36. The predicted molar refractivity (Wildman–Crippen MR) is 260 cm³/mol. The Morgan fingerprint density at radius 3 is 1.49 bits per heavy atom. The number of benzene rings is 4. The molecule has 4 aromatic carbocycles. The third-order valence-corrected chi connectivity index (χ3v) is 12.6. The summed E-state index contributed by atoms with van der Waals surface area (Å²) in [7, 11) is 0. The van der Waals surface area contributed by atoms with Crippen LogP contribution in [0.15, 0.2) is 97.6 Å². The highest BCUT2D eigenvalue weighted by Crippen LogP contribution is 2.38. The Morgan fingerprint density at radius 2 is 1.03 bits per heavy atom. The number of aliphatic hydroxyl groups is 4. The quantitative estimate of drug-likeness (QED) is 0.0408. The molecule has 0 amide bonds. The minimum atomic E-state index is -0.947. The summed E-state index contributed by atoms with van der Waals surface area (Å²) in [5, 5.41) is 62.3. The molecular weight excluding hydrogens is 906 g/mol. The Labute approximate surface area is 407 Å². The number of rotatable bonds is 23. The van der Waals surface area contributed by atoms with Gasteiger partial charge in [-0.15, -0.1) is 0 Å². The van der Waals surface area contributed by atoms with E-state index in [1.807, 2.05) is 45.0 Å². The van der Waals surface area contributed by atoms with E-state index < -0.39 is 11.0 Å². The molecular formula is C53H55Cl2N5O8. The highest BCUT2D eigenvalue weighted by atomic mass is 35.5. The molecule has 0 fully saturated rings. The van der Waals surface area contributed by atoms with Crippen LogP contribution in [-0.2, 0) is 39.4 Å². The lowest BCUT2D eigenvalue weighted by Gasteiger charge is -2.27. The monoisotopic (exact) mass is 959 g/mol. The van der Waals surface area contributed by atoms with Gasteiger partial charge in [-0.25, -0.2) is 0 Å². The lowest BCUT2D eigenvalue weighted by atomic mass is 9.85. The summed E-state index contributed by atoms with van der Waals surface area (Å²) >= 11 is 13.7. The van der Waals surface area contributed by atoms with E-state index in [0.29, 0.717) is 73.7 Å². The summed E-state index contributed by atoms with van der Waals surface area (Å²) in [6, 6.07) is 26.7. The lowest BCUT2D eigenvalue weighted by molar-refractivity contribution is 0.0629. The van der Waals surface area contributed by atoms with Crippen molar-refractivity contribution in [1.29, 1.82) is 10.5 Å². The topological polar surface area (TPSA) is 203 Å². The van der Waals surface area contributed by atoms with E-state index in [-0.39, 0.29) is 59.4 Å². The number of halogens is 2. The SMILES string of the molecule is Cc1c(COc2cc(OCc3cncc(C#N)c3)c(CCC(C)(CO)CO)cc2Cl)cccc1-c1cccc(COc2cc(OCc3cncc(C#N)c3)c(CNC(C)(CO)CO)cc2Cl)c1C. The zero-order valence-electron chi connectivity index (χ0n) is 38.5. The van der Waals surface area contributed by atoms with Crippen LogP contribution in [0.3, 0.4) is 0 Å². The van der Waals surface area contributed by atoms with Gasteiger partial charge in [0, 0.05) is 65.6 Å². The molecule has 0 saturated carbocycles. The van der Waals surface area contributed by atoms with Crippen LogP contribution in [0.5, 0.6) is 23.0 Å². The molecule has 0 radical (unpaired) electrons. The molecule has 0 bridgehead atoms. The van der Waals surface area contributed by atoms with Crippen molar-refractivity contribution >= 4 is 23.2 Å². The summed E-state index contributed by atoms with van der Waals surface area (Å²) in [6.45, 7) is 7.53. The van der Waals surface area contributed by atoms with E-state index in [1.54, 1.807) is 55.7 Å². The van der Waals surface area contributed by atoms with Crippen LogP contribution >= 0.6 is 23.2 Å². The molecule has 6 aromatic rings. The molecule has 0 aliphatic carbocycles. The molecule has 68 heavy (non-hydrogen) atoms. The van der Waals surface area contributed by atoms with Gasteiger partial charge in [0.05, 0.1) is 53.1 Å². The first kappa shape index (κ1) is 51.1. The number of hydrogen-bond acceptors (Lipinski definition) is 13. The highest BCUT2D eigenvalue weighted by molar-refractivity contribution is 6.32. The summed E-state index contributed by atoms with van der Waals surface area (Å²) in [4.78, 5) is 8.28. The number of aromatic nitrogens is 2. The largest absolute Gasteiger partial charge is 0.488 e. The van der Waals surface area contributed by atoms with Gasteiger partial charge < -0.3 is 44.7 Å². The van der Waals surface area contributed by atoms with Gasteiger partial charge in [0.1, 0.15) is 61.6 Å². The lowest BCUT2D eigenvalue weighted by Crippen LogP contribution is -2.48. The highest BCUT2D eigenvalue weighted by Gasteiger charge is 2.25. The third-order valence-electron chi connectivity index (χ3n) is 12.0. The molecule has 6 rings (SSSR count). The number of nitriles is 2. The van der Waals surface area contributed by atoms with Gasteiger partial charge in [-0.05, 0) is 96.8 Å². The molecule has 5 N–H and O–H groups in total. The van der Waals surface area contributed by atoms with E-state index in [4.69, 9.17) is 42.1 Å². The van der Waals surface area contributed by atoms with E-state index in [2.05, 4.69) is 39.6 Å².